The van der Waals surface area contributed by atoms with E-state index in [0.29, 0.717) is 0 Å². The lowest BCUT2D eigenvalue weighted by Crippen LogP contribution is -2.28. The maximum Gasteiger partial charge on any atom is 0.0382 e. The van der Waals surface area contributed by atoms with Gasteiger partial charge >= 0.3 is 0 Å². The molecule has 1 nitrogen and oxygen atoms in total. The largest absolute Gasteiger partial charge is 0.388 e. The molecule has 0 bridgehead atoms. The van der Waals surface area contributed by atoms with Gasteiger partial charge in [0, 0.05) is 24.6 Å². The van der Waals surface area contributed by atoms with E-state index in [9.17, 15) is 0 Å². The number of terminal acetylenes is 1. The van der Waals surface area contributed by atoms with E-state index in [1.165, 1.54) is 27.9 Å². The number of nitrogens with one attached hydrogen (secondary N) is 1. The van der Waals surface area contributed by atoms with Crippen LogP contribution >= 0.6 is 0 Å². The van der Waals surface area contributed by atoms with Gasteiger partial charge in [0.15, 0.2) is 0 Å². The Bertz CT molecular complexity index is 780. The maximum absolute atomic E-state index is 5.78. The van der Waals surface area contributed by atoms with E-state index in [2.05, 4.69) is 72.8 Å². The van der Waals surface area contributed by atoms with Crippen LogP contribution in [0.5, 0.6) is 0 Å². The first-order valence-electron chi connectivity index (χ1n) is 8.66. The van der Waals surface area contributed by atoms with Crippen molar-refractivity contribution in [3.63, 3.8) is 0 Å². The summed E-state index contributed by atoms with van der Waals surface area (Å²) in [6.45, 7) is 2.30. The summed E-state index contributed by atoms with van der Waals surface area (Å²) >= 11 is 0. The number of fused-ring (bicyclic) bond motifs is 1. The first-order valence-corrected chi connectivity index (χ1v) is 8.66. The zero-order valence-corrected chi connectivity index (χ0v) is 14.6. The third-order valence-corrected chi connectivity index (χ3v) is 5.00. The summed E-state index contributed by atoms with van der Waals surface area (Å²) in [4.78, 5) is 0. The van der Waals surface area contributed by atoms with Gasteiger partial charge in [-0.25, -0.2) is 0 Å². The average molecular weight is 315 g/mol. The van der Waals surface area contributed by atoms with E-state index in [4.69, 9.17) is 6.42 Å². The van der Waals surface area contributed by atoms with Gasteiger partial charge in [-0.2, -0.15) is 0 Å². The third-order valence-electron chi connectivity index (χ3n) is 5.00. The van der Waals surface area contributed by atoms with Gasteiger partial charge in [0.05, 0.1) is 0 Å². The maximum atomic E-state index is 5.78. The van der Waals surface area contributed by atoms with E-state index in [1.54, 1.807) is 0 Å². The number of benzene rings is 2. The fourth-order valence-corrected chi connectivity index (χ4v) is 3.88. The topological polar surface area (TPSA) is 12.0 Å². The van der Waals surface area contributed by atoms with Crippen molar-refractivity contribution in [1.29, 1.82) is 0 Å². The molecule has 1 atom stereocenters. The molecule has 0 saturated heterocycles. The molecule has 0 aromatic heterocycles. The van der Waals surface area contributed by atoms with Gasteiger partial charge in [-0.1, -0.05) is 55.5 Å². The van der Waals surface area contributed by atoms with E-state index >= 15 is 0 Å². The molecule has 1 aliphatic carbocycles. The second-order valence-corrected chi connectivity index (χ2v) is 6.86. The number of hydrogen-bond donors (Lipinski definition) is 1. The number of allylic oxidation sites excluding steroid dienone is 1. The lowest BCUT2D eigenvalue weighted by molar-refractivity contribution is 0.482. The molecule has 0 spiro atoms. The van der Waals surface area contributed by atoms with E-state index in [-0.39, 0.29) is 5.41 Å². The van der Waals surface area contributed by atoms with Crippen molar-refractivity contribution in [3.05, 3.63) is 70.8 Å². The summed E-state index contributed by atoms with van der Waals surface area (Å²) in [5, 5.41) is 3.39. The van der Waals surface area contributed by atoms with Crippen LogP contribution in [0.2, 0.25) is 0 Å². The third kappa shape index (κ3) is 3.10. The Morgan fingerprint density at radius 3 is 2.67 bits per heavy atom. The van der Waals surface area contributed by atoms with Gasteiger partial charge in [0.2, 0.25) is 0 Å². The molecule has 122 valence electrons. The predicted molar refractivity (Wildman–Crippen MR) is 104 cm³/mol. The highest BCUT2D eigenvalue weighted by atomic mass is 14.8. The van der Waals surface area contributed by atoms with Crippen molar-refractivity contribution in [2.75, 3.05) is 12.4 Å². The van der Waals surface area contributed by atoms with Crippen LogP contribution in [0.1, 0.15) is 42.0 Å². The van der Waals surface area contributed by atoms with Crippen molar-refractivity contribution in [1.82, 2.24) is 0 Å². The van der Waals surface area contributed by atoms with Crippen molar-refractivity contribution < 1.29 is 0 Å². The van der Waals surface area contributed by atoms with E-state index in [1.807, 2.05) is 7.05 Å². The second-order valence-electron chi connectivity index (χ2n) is 6.86. The van der Waals surface area contributed by atoms with E-state index < -0.39 is 0 Å². The quantitative estimate of drug-likeness (QED) is 0.747. The van der Waals surface area contributed by atoms with Crippen LogP contribution in [0.4, 0.5) is 5.69 Å². The fraction of sp³-hybridized carbons (Fsp3) is 0.304. The normalized spacial score (nSPS) is 15.2. The SMILES string of the molecule is C#CCC(C)(Cc1ccccc1)c1c(NC)ccc2c1C=CCC2. The summed E-state index contributed by atoms with van der Waals surface area (Å²) in [6, 6.07) is 15.1. The molecule has 3 rings (SSSR count). The minimum atomic E-state index is -0.0958. The molecule has 0 fully saturated rings. The second kappa shape index (κ2) is 6.97. The summed E-state index contributed by atoms with van der Waals surface area (Å²) in [6.07, 6.45) is 14.2. The van der Waals surface area contributed by atoms with Crippen LogP contribution in [0, 0.1) is 12.3 Å². The smallest absolute Gasteiger partial charge is 0.0382 e. The minimum absolute atomic E-state index is 0.0958. The van der Waals surface area contributed by atoms with Gasteiger partial charge < -0.3 is 5.32 Å². The molecule has 1 aliphatic rings. The van der Waals surface area contributed by atoms with Gasteiger partial charge in [0.25, 0.3) is 0 Å². The zero-order chi connectivity index (χ0) is 17.0. The summed E-state index contributed by atoms with van der Waals surface area (Å²) in [5.74, 6) is 2.93. The van der Waals surface area contributed by atoms with Crippen LogP contribution in [0.15, 0.2) is 48.5 Å². The van der Waals surface area contributed by atoms with Crippen LogP contribution in [0.25, 0.3) is 6.08 Å². The molecular weight excluding hydrogens is 290 g/mol. The fourth-order valence-electron chi connectivity index (χ4n) is 3.88. The highest BCUT2D eigenvalue weighted by molar-refractivity contribution is 5.71. The molecule has 1 heteroatoms. The van der Waals surface area contributed by atoms with Crippen molar-refractivity contribution in [3.8, 4) is 12.3 Å². The Labute approximate surface area is 145 Å². The molecule has 2 aromatic carbocycles. The van der Waals surface area contributed by atoms with Crippen molar-refractivity contribution in [2.45, 2.75) is 38.0 Å². The minimum Gasteiger partial charge on any atom is -0.388 e. The first-order chi connectivity index (χ1) is 11.7. The Balaban J connectivity index is 2.15. The lowest BCUT2D eigenvalue weighted by atomic mass is 9.71. The van der Waals surface area contributed by atoms with Gasteiger partial charge in [-0.15, -0.1) is 12.3 Å². The lowest BCUT2D eigenvalue weighted by Gasteiger charge is -2.34. The Morgan fingerprint density at radius 1 is 1.17 bits per heavy atom. The highest BCUT2D eigenvalue weighted by Gasteiger charge is 2.32. The molecule has 1 unspecified atom stereocenters. The highest BCUT2D eigenvalue weighted by Crippen LogP contribution is 2.41. The summed E-state index contributed by atoms with van der Waals surface area (Å²) in [5.41, 5.74) is 6.58. The standard InChI is InChI=1S/C23H25N/c1-4-16-23(2,17-18-10-6-5-7-11-18)22-20-13-9-8-12-19(20)14-15-21(22)24-3/h1,5-7,9-11,13-15,24H,8,12,16-17H2,2-3H3. The number of rotatable bonds is 5. The number of aryl methyl sites for hydroxylation is 1. The van der Waals surface area contributed by atoms with Crippen molar-refractivity contribution >= 4 is 11.8 Å². The Morgan fingerprint density at radius 2 is 1.96 bits per heavy atom. The molecule has 0 amide bonds. The zero-order valence-electron chi connectivity index (χ0n) is 14.6. The molecule has 2 aromatic rings. The van der Waals surface area contributed by atoms with Gasteiger partial charge in [-0.05, 0) is 47.6 Å². The molecular formula is C23H25N. The Kier molecular flexibility index (Phi) is 4.76. The molecule has 0 aliphatic heterocycles. The summed E-state index contributed by atoms with van der Waals surface area (Å²) in [7, 11) is 2.00. The Hall–Kier alpha value is -2.46. The molecule has 24 heavy (non-hydrogen) atoms. The monoisotopic (exact) mass is 315 g/mol. The molecule has 0 heterocycles. The van der Waals surface area contributed by atoms with Gasteiger partial charge in [-0.3, -0.25) is 0 Å². The van der Waals surface area contributed by atoms with E-state index in [0.717, 1.165) is 25.7 Å². The summed E-state index contributed by atoms with van der Waals surface area (Å²) < 4.78 is 0. The van der Waals surface area contributed by atoms with Crippen molar-refractivity contribution in [2.24, 2.45) is 0 Å². The average Bonchev–Trinajstić information content (AvgIpc) is 2.61. The van der Waals surface area contributed by atoms with Gasteiger partial charge in [0.1, 0.15) is 0 Å². The molecule has 0 saturated carbocycles. The van der Waals surface area contributed by atoms with Crippen LogP contribution in [-0.2, 0) is 18.3 Å². The van der Waals surface area contributed by atoms with Crippen LogP contribution < -0.4 is 5.32 Å². The predicted octanol–water partition coefficient (Wildman–Crippen LogP) is 5.21. The number of hydrogen-bond acceptors (Lipinski definition) is 1. The molecule has 1 N–H and O–H groups in total. The van der Waals surface area contributed by atoms with Crippen LogP contribution in [-0.4, -0.2) is 7.05 Å². The first kappa shape index (κ1) is 16.4. The number of anilines is 1. The van der Waals surface area contributed by atoms with Crippen LogP contribution in [0.3, 0.4) is 0 Å². The molecule has 0 radical (unpaired) electrons.